The summed E-state index contributed by atoms with van der Waals surface area (Å²) in [7, 11) is 0. The van der Waals surface area contributed by atoms with Gasteiger partial charge in [-0.1, -0.05) is 6.92 Å². The monoisotopic (exact) mass is 385 g/mol. The van der Waals surface area contributed by atoms with Gasteiger partial charge in [-0.05, 0) is 100 Å². The molecular formula is C24H35NO3. The summed E-state index contributed by atoms with van der Waals surface area (Å²) in [6, 6.07) is 5.77. The van der Waals surface area contributed by atoms with Crippen LogP contribution in [0.15, 0.2) is 18.2 Å². The third-order valence-electron chi connectivity index (χ3n) is 7.32. The second kappa shape index (κ2) is 7.96. The molecule has 4 aliphatic rings. The molecule has 0 unspecified atom stereocenters. The van der Waals surface area contributed by atoms with Crippen molar-refractivity contribution < 1.29 is 14.3 Å². The highest BCUT2D eigenvalue weighted by Crippen LogP contribution is 2.61. The van der Waals surface area contributed by atoms with Crippen molar-refractivity contribution >= 4 is 5.91 Å². The van der Waals surface area contributed by atoms with E-state index in [-0.39, 0.29) is 11.9 Å². The molecule has 4 saturated carbocycles. The lowest BCUT2D eigenvalue weighted by molar-refractivity contribution is -0.0688. The number of hydrogen-bond donors (Lipinski definition) is 1. The summed E-state index contributed by atoms with van der Waals surface area (Å²) in [4.78, 5) is 13.0. The van der Waals surface area contributed by atoms with E-state index in [1.54, 1.807) is 0 Å². The predicted molar refractivity (Wildman–Crippen MR) is 111 cm³/mol. The van der Waals surface area contributed by atoms with Crippen LogP contribution in [0.3, 0.4) is 0 Å². The van der Waals surface area contributed by atoms with E-state index in [4.69, 9.17) is 9.47 Å². The molecule has 5 rings (SSSR count). The van der Waals surface area contributed by atoms with Gasteiger partial charge in [0.1, 0.15) is 0 Å². The molecule has 4 nitrogen and oxygen atoms in total. The average Bonchev–Trinajstić information content (AvgIpc) is 2.66. The molecule has 0 aromatic heterocycles. The first-order chi connectivity index (χ1) is 13.5. The van der Waals surface area contributed by atoms with Gasteiger partial charge in [0.15, 0.2) is 11.5 Å². The summed E-state index contributed by atoms with van der Waals surface area (Å²) in [5.74, 6) is 4.06. The van der Waals surface area contributed by atoms with Crippen LogP contribution < -0.4 is 14.8 Å². The summed E-state index contributed by atoms with van der Waals surface area (Å²) in [5.41, 5.74) is 0.973. The zero-order valence-electron chi connectivity index (χ0n) is 17.6. The van der Waals surface area contributed by atoms with Crippen molar-refractivity contribution in [3.63, 3.8) is 0 Å². The first kappa shape index (κ1) is 19.6. The van der Waals surface area contributed by atoms with Crippen LogP contribution in [0.1, 0.15) is 76.1 Å². The molecule has 4 fully saturated rings. The Bertz CT molecular complexity index is 679. The van der Waals surface area contributed by atoms with E-state index in [9.17, 15) is 4.79 Å². The lowest BCUT2D eigenvalue weighted by Crippen LogP contribution is -2.55. The molecule has 0 radical (unpaired) electrons. The number of rotatable bonds is 8. The summed E-state index contributed by atoms with van der Waals surface area (Å²) in [5, 5.41) is 3.35. The van der Waals surface area contributed by atoms with Crippen molar-refractivity contribution in [2.75, 3.05) is 13.2 Å². The highest BCUT2D eigenvalue weighted by Gasteiger charge is 2.53. The van der Waals surface area contributed by atoms with Crippen LogP contribution in [0.2, 0.25) is 0 Å². The van der Waals surface area contributed by atoms with Gasteiger partial charge < -0.3 is 14.8 Å². The maximum Gasteiger partial charge on any atom is 0.251 e. The zero-order chi connectivity index (χ0) is 19.7. The Kier molecular flexibility index (Phi) is 5.57. The Labute approximate surface area is 169 Å². The van der Waals surface area contributed by atoms with E-state index in [1.807, 2.05) is 25.1 Å². The smallest absolute Gasteiger partial charge is 0.251 e. The van der Waals surface area contributed by atoms with Gasteiger partial charge in [0.2, 0.25) is 0 Å². The zero-order valence-corrected chi connectivity index (χ0v) is 17.6. The summed E-state index contributed by atoms with van der Waals surface area (Å²) < 4.78 is 11.5. The van der Waals surface area contributed by atoms with Gasteiger partial charge in [-0.3, -0.25) is 4.79 Å². The van der Waals surface area contributed by atoms with Crippen LogP contribution in [-0.4, -0.2) is 25.2 Å². The fourth-order valence-corrected chi connectivity index (χ4v) is 6.39. The maximum atomic E-state index is 13.0. The standard InChI is InChI=1S/C24H35NO3/c1-4-8-28-21-7-6-20(12-22(21)27-5-2)23(26)25-16(3)24-13-17-9-18(14-24)11-19(10-17)15-24/h6-7,12,16-19H,4-5,8-11,13-15H2,1-3H3,(H,25,26)/t16-,17?,18?,19?,24?/m1/s1. The Morgan fingerprint density at radius 1 is 1.07 bits per heavy atom. The number of hydrogen-bond acceptors (Lipinski definition) is 3. The fraction of sp³-hybridized carbons (Fsp3) is 0.708. The van der Waals surface area contributed by atoms with Gasteiger partial charge in [0, 0.05) is 11.6 Å². The van der Waals surface area contributed by atoms with Gasteiger partial charge in [0.25, 0.3) is 5.91 Å². The van der Waals surface area contributed by atoms with Crippen molar-refractivity contribution in [2.24, 2.45) is 23.2 Å². The molecule has 0 heterocycles. The first-order valence-corrected chi connectivity index (χ1v) is 11.2. The van der Waals surface area contributed by atoms with Crippen LogP contribution >= 0.6 is 0 Å². The molecule has 1 atom stereocenters. The summed E-state index contributed by atoms with van der Waals surface area (Å²) in [6.45, 7) is 7.46. The number of carbonyl (C=O) groups is 1. The van der Waals surface area contributed by atoms with E-state index in [0.29, 0.717) is 29.9 Å². The molecule has 0 spiro atoms. The molecule has 1 N–H and O–H groups in total. The highest BCUT2D eigenvalue weighted by molar-refractivity contribution is 5.95. The van der Waals surface area contributed by atoms with Crippen molar-refractivity contribution in [1.82, 2.24) is 5.32 Å². The average molecular weight is 386 g/mol. The molecular weight excluding hydrogens is 350 g/mol. The van der Waals surface area contributed by atoms with Crippen LogP contribution in [0.25, 0.3) is 0 Å². The van der Waals surface area contributed by atoms with Gasteiger partial charge in [-0.2, -0.15) is 0 Å². The van der Waals surface area contributed by atoms with Gasteiger partial charge in [-0.25, -0.2) is 0 Å². The Hall–Kier alpha value is -1.71. The van der Waals surface area contributed by atoms with Crippen molar-refractivity contribution in [3.05, 3.63) is 23.8 Å². The number of amides is 1. The fourth-order valence-electron chi connectivity index (χ4n) is 6.39. The summed E-state index contributed by atoms with van der Waals surface area (Å²) in [6.07, 6.45) is 9.12. The van der Waals surface area contributed by atoms with Gasteiger partial charge >= 0.3 is 0 Å². The molecule has 1 amide bonds. The van der Waals surface area contributed by atoms with Crippen LogP contribution in [-0.2, 0) is 0 Å². The van der Waals surface area contributed by atoms with Gasteiger partial charge in [0.05, 0.1) is 13.2 Å². The minimum absolute atomic E-state index is 0.00578. The molecule has 4 aliphatic carbocycles. The Balaban J connectivity index is 1.46. The lowest BCUT2D eigenvalue weighted by Gasteiger charge is -2.59. The van der Waals surface area contributed by atoms with Crippen molar-refractivity contribution in [2.45, 2.75) is 71.8 Å². The van der Waals surface area contributed by atoms with E-state index in [0.717, 1.165) is 29.9 Å². The maximum absolute atomic E-state index is 13.0. The van der Waals surface area contributed by atoms with E-state index >= 15 is 0 Å². The summed E-state index contributed by atoms with van der Waals surface area (Å²) >= 11 is 0. The van der Waals surface area contributed by atoms with E-state index < -0.39 is 0 Å². The molecule has 4 heteroatoms. The number of nitrogens with one attached hydrogen (secondary N) is 1. The van der Waals surface area contributed by atoms with Crippen molar-refractivity contribution in [1.29, 1.82) is 0 Å². The highest BCUT2D eigenvalue weighted by atomic mass is 16.5. The first-order valence-electron chi connectivity index (χ1n) is 11.2. The SMILES string of the molecule is CCCOc1ccc(C(=O)N[C@H](C)C23CC4CC(CC(C4)C2)C3)cc1OCC. The molecule has 1 aromatic rings. The normalized spacial score (nSPS) is 31.5. The third kappa shape index (κ3) is 3.75. The molecule has 154 valence electrons. The lowest BCUT2D eigenvalue weighted by atomic mass is 9.48. The Morgan fingerprint density at radius 3 is 2.29 bits per heavy atom. The topological polar surface area (TPSA) is 47.6 Å². The molecule has 4 bridgehead atoms. The molecule has 0 aliphatic heterocycles. The van der Waals surface area contributed by atoms with Gasteiger partial charge in [-0.15, -0.1) is 0 Å². The largest absolute Gasteiger partial charge is 0.490 e. The van der Waals surface area contributed by atoms with Crippen LogP contribution in [0.4, 0.5) is 0 Å². The van der Waals surface area contributed by atoms with Crippen LogP contribution in [0.5, 0.6) is 11.5 Å². The number of carbonyl (C=O) groups excluding carboxylic acids is 1. The number of benzene rings is 1. The van der Waals surface area contributed by atoms with E-state index in [1.165, 1.54) is 38.5 Å². The molecule has 0 saturated heterocycles. The second-order valence-corrected chi connectivity index (χ2v) is 9.42. The Morgan fingerprint density at radius 2 is 1.71 bits per heavy atom. The minimum Gasteiger partial charge on any atom is -0.490 e. The second-order valence-electron chi connectivity index (χ2n) is 9.42. The van der Waals surface area contributed by atoms with Crippen LogP contribution in [0, 0.1) is 23.2 Å². The minimum atomic E-state index is 0.00578. The molecule has 1 aromatic carbocycles. The van der Waals surface area contributed by atoms with E-state index in [2.05, 4.69) is 19.2 Å². The number of ether oxygens (including phenoxy) is 2. The predicted octanol–water partition coefficient (Wildman–Crippen LogP) is 5.21. The quantitative estimate of drug-likeness (QED) is 0.668. The third-order valence-corrected chi connectivity index (χ3v) is 7.32. The van der Waals surface area contributed by atoms with Crippen molar-refractivity contribution in [3.8, 4) is 11.5 Å². The molecule has 28 heavy (non-hydrogen) atoms.